The molecule has 0 heterocycles. The third-order valence-corrected chi connectivity index (χ3v) is 10.6. The van der Waals surface area contributed by atoms with Crippen molar-refractivity contribution in [3.63, 3.8) is 0 Å². The van der Waals surface area contributed by atoms with Crippen molar-refractivity contribution < 1.29 is 14.6 Å². The summed E-state index contributed by atoms with van der Waals surface area (Å²) in [7, 11) is 0. The number of carbonyl (C=O) groups is 1. The van der Waals surface area contributed by atoms with E-state index in [1.807, 2.05) is 143 Å². The number of azo groups is 3. The minimum absolute atomic E-state index is 0.0712. The molecular weight excluding hydrogens is 785 g/mol. The molecular formula is C52H46N8O3. The summed E-state index contributed by atoms with van der Waals surface area (Å²) >= 11 is 0. The highest BCUT2D eigenvalue weighted by atomic mass is 16.5. The van der Waals surface area contributed by atoms with Gasteiger partial charge in [-0.1, -0.05) is 43.3 Å². The number of amides is 1. The number of hydrogen-bond acceptors (Lipinski definition) is 10. The molecule has 0 bridgehead atoms. The van der Waals surface area contributed by atoms with E-state index in [0.717, 1.165) is 62.0 Å². The average Bonchev–Trinajstić information content (AvgIpc) is 3.29. The van der Waals surface area contributed by atoms with Crippen LogP contribution in [0, 0.1) is 27.7 Å². The van der Waals surface area contributed by atoms with Crippen molar-refractivity contribution >= 4 is 78.6 Å². The third kappa shape index (κ3) is 9.79. The topological polar surface area (TPSA) is 145 Å². The average molecular weight is 831 g/mol. The van der Waals surface area contributed by atoms with Crippen molar-refractivity contribution in [3.05, 3.63) is 173 Å². The molecule has 1 amide bonds. The van der Waals surface area contributed by atoms with Crippen molar-refractivity contribution in [2.45, 2.75) is 41.0 Å². The monoisotopic (exact) mass is 830 g/mol. The number of fused-ring (bicyclic) bond motifs is 2. The number of para-hydroxylation sites is 1. The van der Waals surface area contributed by atoms with E-state index in [0.29, 0.717) is 57.4 Å². The lowest BCUT2D eigenvalue weighted by Crippen LogP contribution is -2.11. The number of phenols is 1. The predicted octanol–water partition coefficient (Wildman–Crippen LogP) is 16.0. The molecule has 0 aliphatic carbocycles. The number of aromatic hydroxyl groups is 1. The van der Waals surface area contributed by atoms with Gasteiger partial charge in [-0.2, -0.15) is 25.6 Å². The lowest BCUT2D eigenvalue weighted by Gasteiger charge is -2.10. The van der Waals surface area contributed by atoms with Crippen molar-refractivity contribution in [1.29, 1.82) is 0 Å². The quantitative estimate of drug-likeness (QED) is 0.0993. The number of anilines is 3. The Balaban J connectivity index is 0.896. The number of ether oxygens (including phenoxy) is 1. The number of nitrogens with zero attached hydrogens (tertiary/aromatic N) is 6. The highest BCUT2D eigenvalue weighted by molar-refractivity contribution is 6.05. The molecule has 0 saturated heterocycles. The molecule has 8 aromatic carbocycles. The zero-order chi connectivity index (χ0) is 43.9. The first-order chi connectivity index (χ1) is 30.6. The van der Waals surface area contributed by atoms with Crippen LogP contribution in [0.5, 0.6) is 11.5 Å². The molecule has 11 nitrogen and oxygen atoms in total. The number of phenolic OH excluding ortho intramolecular Hbond substituents is 1. The Morgan fingerprint density at radius 2 is 1.08 bits per heavy atom. The first-order valence-corrected chi connectivity index (χ1v) is 20.7. The number of benzene rings is 8. The number of hydrogen-bond donors (Lipinski definition) is 3. The van der Waals surface area contributed by atoms with Crippen LogP contribution in [0.1, 0.15) is 46.0 Å². The lowest BCUT2D eigenvalue weighted by molar-refractivity contribution is 0.102. The Morgan fingerprint density at radius 3 is 1.71 bits per heavy atom. The molecule has 0 aromatic heterocycles. The molecule has 63 heavy (non-hydrogen) atoms. The molecule has 0 aliphatic heterocycles. The maximum absolute atomic E-state index is 13.1. The summed E-state index contributed by atoms with van der Waals surface area (Å²) in [6.45, 7) is 10.5. The summed E-state index contributed by atoms with van der Waals surface area (Å²) in [6.07, 6.45) is 0.930. The van der Waals surface area contributed by atoms with E-state index < -0.39 is 0 Å². The van der Waals surface area contributed by atoms with Gasteiger partial charge in [-0.25, -0.2) is 0 Å². The summed E-state index contributed by atoms with van der Waals surface area (Å²) in [4.78, 5) is 13.1. The molecule has 0 atom stereocenters. The third-order valence-electron chi connectivity index (χ3n) is 10.6. The van der Waals surface area contributed by atoms with Gasteiger partial charge in [0.15, 0.2) is 5.75 Å². The van der Waals surface area contributed by atoms with Gasteiger partial charge < -0.3 is 20.5 Å². The van der Waals surface area contributed by atoms with E-state index >= 15 is 0 Å². The van der Waals surface area contributed by atoms with Gasteiger partial charge in [0.1, 0.15) is 11.4 Å². The van der Waals surface area contributed by atoms with Gasteiger partial charge in [0, 0.05) is 33.4 Å². The summed E-state index contributed by atoms with van der Waals surface area (Å²) in [5.41, 5.74) is 10.4. The fraction of sp³-hybridized carbons (Fsp3) is 0.135. The summed E-state index contributed by atoms with van der Waals surface area (Å²) in [6, 6.07) is 45.9. The summed E-state index contributed by atoms with van der Waals surface area (Å²) in [5, 5.41) is 48.1. The Morgan fingerprint density at radius 1 is 0.524 bits per heavy atom. The van der Waals surface area contributed by atoms with Crippen LogP contribution in [0.4, 0.5) is 51.2 Å². The van der Waals surface area contributed by atoms with Crippen molar-refractivity contribution in [2.75, 3.05) is 17.2 Å². The molecule has 11 heteroatoms. The maximum atomic E-state index is 13.1. The molecule has 0 spiro atoms. The Hall–Kier alpha value is -8.05. The van der Waals surface area contributed by atoms with Gasteiger partial charge in [0.25, 0.3) is 5.91 Å². The standard InChI is InChI=1S/C52H46N8O3/c1-6-25-63-50-14-10-11-37-30-42(20-22-43(37)50)54-52(62)36-15-18-40(19-16-36)55-57-46-26-33(3)48(27-32(46)2)59-60-49-29-34(4)47(28-35(49)5)58-56-45-24-17-38-31-41(21-23-44(38)51(45)61)53-39-12-8-7-9-13-39/h7-24,26-31,53,61H,6,25H2,1-5H3,(H,54,62). The Bertz CT molecular complexity index is 3070. The smallest absolute Gasteiger partial charge is 0.255 e. The van der Waals surface area contributed by atoms with E-state index in [9.17, 15) is 9.90 Å². The molecule has 0 aliphatic rings. The van der Waals surface area contributed by atoms with Gasteiger partial charge in [0.05, 0.1) is 35.0 Å². The number of aryl methyl sites for hydroxylation is 4. The van der Waals surface area contributed by atoms with Gasteiger partial charge in [-0.3, -0.25) is 4.79 Å². The Kier molecular flexibility index (Phi) is 12.4. The lowest BCUT2D eigenvalue weighted by atomic mass is 10.1. The van der Waals surface area contributed by atoms with Crippen molar-refractivity contribution in [2.24, 2.45) is 30.7 Å². The highest BCUT2D eigenvalue weighted by Gasteiger charge is 2.12. The van der Waals surface area contributed by atoms with Gasteiger partial charge in [-0.05, 0) is 176 Å². The Labute approximate surface area is 366 Å². The largest absolute Gasteiger partial charge is 0.505 e. The summed E-state index contributed by atoms with van der Waals surface area (Å²) < 4.78 is 5.88. The molecule has 3 N–H and O–H groups in total. The van der Waals surface area contributed by atoms with Crippen LogP contribution in [0.15, 0.2) is 176 Å². The van der Waals surface area contributed by atoms with Crippen LogP contribution in [-0.4, -0.2) is 17.6 Å². The second-order valence-corrected chi connectivity index (χ2v) is 15.4. The number of carbonyl (C=O) groups excluding carboxylic acids is 1. The SMILES string of the molecule is CCCOc1cccc2cc(NC(=O)c3ccc(N=Nc4cc(C)c(N=Nc5cc(C)c(N=Nc6ccc7cc(Nc8ccccc8)ccc7c6O)cc5C)cc4C)cc3)ccc12. The first kappa shape index (κ1) is 41.7. The normalized spacial score (nSPS) is 11.6. The molecule has 8 aromatic rings. The van der Waals surface area contributed by atoms with E-state index in [2.05, 4.69) is 48.2 Å². The van der Waals surface area contributed by atoms with Crippen molar-refractivity contribution in [1.82, 2.24) is 0 Å². The molecule has 8 rings (SSSR count). The van der Waals surface area contributed by atoms with Gasteiger partial charge in [0.2, 0.25) is 0 Å². The molecule has 0 radical (unpaired) electrons. The predicted molar refractivity (Wildman–Crippen MR) is 254 cm³/mol. The van der Waals surface area contributed by atoms with Crippen LogP contribution in [0.2, 0.25) is 0 Å². The number of rotatable bonds is 13. The minimum Gasteiger partial charge on any atom is -0.505 e. The number of nitrogens with one attached hydrogen (secondary N) is 2. The second kappa shape index (κ2) is 18.7. The zero-order valence-corrected chi connectivity index (χ0v) is 35.7. The molecule has 312 valence electrons. The second-order valence-electron chi connectivity index (χ2n) is 15.4. The van der Waals surface area contributed by atoms with Crippen LogP contribution >= 0.6 is 0 Å². The van der Waals surface area contributed by atoms with Crippen LogP contribution < -0.4 is 15.4 Å². The maximum Gasteiger partial charge on any atom is 0.255 e. The van der Waals surface area contributed by atoms with Crippen LogP contribution in [0.25, 0.3) is 21.5 Å². The summed E-state index contributed by atoms with van der Waals surface area (Å²) in [5.74, 6) is 0.689. The fourth-order valence-electron chi connectivity index (χ4n) is 7.03. The van der Waals surface area contributed by atoms with E-state index in [1.54, 1.807) is 30.3 Å². The fourth-order valence-corrected chi connectivity index (χ4v) is 7.03. The molecule has 0 fully saturated rings. The molecule has 0 unspecified atom stereocenters. The first-order valence-electron chi connectivity index (χ1n) is 20.7. The minimum atomic E-state index is -0.218. The van der Waals surface area contributed by atoms with Gasteiger partial charge >= 0.3 is 0 Å². The van der Waals surface area contributed by atoms with Crippen LogP contribution in [0.3, 0.4) is 0 Å². The van der Waals surface area contributed by atoms with Crippen LogP contribution in [-0.2, 0) is 0 Å². The zero-order valence-electron chi connectivity index (χ0n) is 35.7. The van der Waals surface area contributed by atoms with E-state index in [-0.39, 0.29) is 11.7 Å². The van der Waals surface area contributed by atoms with E-state index in [1.165, 1.54) is 0 Å². The molecule has 0 saturated carbocycles. The van der Waals surface area contributed by atoms with E-state index in [4.69, 9.17) is 4.74 Å². The van der Waals surface area contributed by atoms with Crippen molar-refractivity contribution in [3.8, 4) is 11.5 Å². The van der Waals surface area contributed by atoms with Gasteiger partial charge in [-0.15, -0.1) is 5.11 Å². The highest BCUT2D eigenvalue weighted by Crippen LogP contribution is 2.39.